The zero-order valence-corrected chi connectivity index (χ0v) is 22.0. The molecule has 3 aromatic rings. The molecule has 1 aromatic heterocycles. The summed E-state index contributed by atoms with van der Waals surface area (Å²) in [4.78, 5) is 17.2. The molecule has 0 spiro atoms. The highest BCUT2D eigenvalue weighted by Crippen LogP contribution is 2.23. The fraction of sp³-hybridized carbons (Fsp3) is 0.357. The molecule has 0 amide bonds. The van der Waals surface area contributed by atoms with E-state index in [9.17, 15) is 13.2 Å². The number of aromatic nitrogens is 1. The Bertz CT molecular complexity index is 1180. The predicted octanol–water partition coefficient (Wildman–Crippen LogP) is 3.94. The second-order valence-corrected chi connectivity index (χ2v) is 10.7. The number of nitrogens with one attached hydrogen (secondary N) is 1. The number of esters is 1. The molecule has 0 radical (unpaired) electrons. The molecule has 10 heteroatoms. The summed E-state index contributed by atoms with van der Waals surface area (Å²) in [7, 11) is -3.99. The lowest BCUT2D eigenvalue weighted by Crippen LogP contribution is -2.51. The van der Waals surface area contributed by atoms with Gasteiger partial charge in [-0.1, -0.05) is 60.7 Å². The normalized spacial score (nSPS) is 16.3. The van der Waals surface area contributed by atoms with Crippen molar-refractivity contribution in [3.63, 3.8) is 0 Å². The highest BCUT2D eigenvalue weighted by Gasteiger charge is 2.38. The first-order valence-electron chi connectivity index (χ1n) is 12.6. The topological polar surface area (TPSA) is 107 Å². The van der Waals surface area contributed by atoms with Gasteiger partial charge in [-0.3, -0.25) is 14.5 Å². The van der Waals surface area contributed by atoms with Gasteiger partial charge >= 0.3 is 16.2 Å². The predicted molar refractivity (Wildman–Crippen MR) is 143 cm³/mol. The Labute approximate surface area is 223 Å². The van der Waals surface area contributed by atoms with Crippen LogP contribution in [-0.2, 0) is 42.4 Å². The van der Waals surface area contributed by atoms with E-state index in [1.807, 2.05) is 60.7 Å². The van der Waals surface area contributed by atoms with E-state index >= 15 is 0 Å². The van der Waals surface area contributed by atoms with Crippen LogP contribution in [0.3, 0.4) is 0 Å². The van der Waals surface area contributed by atoms with Crippen LogP contribution >= 0.6 is 0 Å². The number of pyridine rings is 1. The SMILES string of the molecule is O=C(OC(COCc1ccccc1)COCc1ccccc1)C1CCCCN1S(=O)(=O)Nc1cccnc1. The van der Waals surface area contributed by atoms with Crippen molar-refractivity contribution >= 4 is 21.9 Å². The maximum atomic E-state index is 13.3. The van der Waals surface area contributed by atoms with Gasteiger partial charge in [-0.25, -0.2) is 0 Å². The van der Waals surface area contributed by atoms with Gasteiger partial charge in [-0.2, -0.15) is 12.7 Å². The fourth-order valence-electron chi connectivity index (χ4n) is 4.18. The monoisotopic (exact) mass is 539 g/mol. The molecular weight excluding hydrogens is 506 g/mol. The van der Waals surface area contributed by atoms with Crippen LogP contribution in [-0.4, -0.2) is 55.6 Å². The van der Waals surface area contributed by atoms with Crippen LogP contribution in [0.5, 0.6) is 0 Å². The average Bonchev–Trinajstić information content (AvgIpc) is 2.94. The summed E-state index contributed by atoms with van der Waals surface area (Å²) in [6.45, 7) is 1.15. The van der Waals surface area contributed by atoms with E-state index in [2.05, 4.69) is 9.71 Å². The van der Waals surface area contributed by atoms with Crippen molar-refractivity contribution in [3.8, 4) is 0 Å². The number of carbonyl (C=O) groups excluding carboxylic acids is 1. The van der Waals surface area contributed by atoms with E-state index in [4.69, 9.17) is 14.2 Å². The van der Waals surface area contributed by atoms with Crippen LogP contribution < -0.4 is 4.72 Å². The van der Waals surface area contributed by atoms with Gasteiger partial charge in [0, 0.05) is 12.7 Å². The van der Waals surface area contributed by atoms with Crippen LogP contribution in [0.1, 0.15) is 30.4 Å². The van der Waals surface area contributed by atoms with Crippen LogP contribution in [0.15, 0.2) is 85.2 Å². The third-order valence-electron chi connectivity index (χ3n) is 6.06. The smallest absolute Gasteiger partial charge is 0.324 e. The van der Waals surface area contributed by atoms with E-state index in [0.29, 0.717) is 31.7 Å². The molecule has 1 atom stereocenters. The summed E-state index contributed by atoms with van der Waals surface area (Å²) in [5, 5.41) is 0. The van der Waals surface area contributed by atoms with Gasteiger partial charge in [0.2, 0.25) is 0 Å². The van der Waals surface area contributed by atoms with E-state index < -0.39 is 28.3 Å². The lowest BCUT2D eigenvalue weighted by atomic mass is 10.1. The van der Waals surface area contributed by atoms with Crippen molar-refractivity contribution in [1.29, 1.82) is 0 Å². The fourth-order valence-corrected chi connectivity index (χ4v) is 5.61. The maximum Gasteiger partial charge on any atom is 0.324 e. The molecule has 0 bridgehead atoms. The third kappa shape index (κ3) is 8.35. The van der Waals surface area contributed by atoms with E-state index in [1.54, 1.807) is 18.3 Å². The molecule has 2 aromatic carbocycles. The molecule has 202 valence electrons. The van der Waals surface area contributed by atoms with Crippen molar-refractivity contribution < 1.29 is 27.4 Å². The molecule has 4 rings (SSSR count). The molecule has 1 fully saturated rings. The van der Waals surface area contributed by atoms with E-state index in [1.165, 1.54) is 10.5 Å². The van der Waals surface area contributed by atoms with Gasteiger partial charge in [-0.05, 0) is 42.5 Å². The molecule has 1 aliphatic heterocycles. The number of benzene rings is 2. The Morgan fingerprint density at radius 2 is 1.55 bits per heavy atom. The molecule has 9 nitrogen and oxygen atoms in total. The minimum Gasteiger partial charge on any atom is -0.456 e. The van der Waals surface area contributed by atoms with Crippen LogP contribution in [0.4, 0.5) is 5.69 Å². The van der Waals surface area contributed by atoms with Gasteiger partial charge in [0.25, 0.3) is 0 Å². The first-order chi connectivity index (χ1) is 18.5. The zero-order valence-electron chi connectivity index (χ0n) is 21.1. The minimum atomic E-state index is -3.99. The summed E-state index contributed by atoms with van der Waals surface area (Å²) in [6.07, 6.45) is 4.01. The second kappa shape index (κ2) is 14.0. The lowest BCUT2D eigenvalue weighted by molar-refractivity contribution is -0.162. The number of rotatable bonds is 13. The number of hydrogen-bond acceptors (Lipinski definition) is 7. The average molecular weight is 540 g/mol. The van der Waals surface area contributed by atoms with Crippen molar-refractivity contribution in [2.45, 2.75) is 44.6 Å². The highest BCUT2D eigenvalue weighted by atomic mass is 32.2. The Kier molecular flexibility index (Phi) is 10.2. The molecule has 2 heterocycles. The Morgan fingerprint density at radius 3 is 2.13 bits per heavy atom. The molecule has 0 aliphatic carbocycles. The van der Waals surface area contributed by atoms with Gasteiger partial charge < -0.3 is 14.2 Å². The number of hydrogen-bond donors (Lipinski definition) is 1. The van der Waals surface area contributed by atoms with Crippen LogP contribution in [0.25, 0.3) is 0 Å². The number of anilines is 1. The summed E-state index contributed by atoms with van der Waals surface area (Å²) in [5.74, 6) is -0.613. The largest absolute Gasteiger partial charge is 0.456 e. The van der Waals surface area contributed by atoms with Crippen molar-refractivity contribution in [3.05, 3.63) is 96.3 Å². The van der Waals surface area contributed by atoms with Crippen molar-refractivity contribution in [2.75, 3.05) is 24.5 Å². The van der Waals surface area contributed by atoms with Crippen molar-refractivity contribution in [2.24, 2.45) is 0 Å². The molecule has 0 saturated carbocycles. The quantitative estimate of drug-likeness (QED) is 0.328. The minimum absolute atomic E-state index is 0.114. The summed E-state index contributed by atoms with van der Waals surface area (Å²) in [5.41, 5.74) is 2.31. The van der Waals surface area contributed by atoms with Gasteiger partial charge in [0.15, 0.2) is 0 Å². The first-order valence-corrected chi connectivity index (χ1v) is 14.1. The summed E-state index contributed by atoms with van der Waals surface area (Å²) < 4.78 is 47.5. The van der Waals surface area contributed by atoms with Crippen LogP contribution in [0.2, 0.25) is 0 Å². The van der Waals surface area contributed by atoms with Crippen LogP contribution in [0, 0.1) is 0 Å². The van der Waals surface area contributed by atoms with Gasteiger partial charge in [0.05, 0.1) is 38.3 Å². The number of piperidine rings is 1. The Morgan fingerprint density at radius 1 is 0.921 bits per heavy atom. The number of carbonyl (C=O) groups is 1. The molecule has 1 unspecified atom stereocenters. The molecule has 1 N–H and O–H groups in total. The van der Waals surface area contributed by atoms with Gasteiger partial charge in [0.1, 0.15) is 12.1 Å². The van der Waals surface area contributed by atoms with Crippen molar-refractivity contribution in [1.82, 2.24) is 9.29 Å². The molecular formula is C28H33N3O6S. The zero-order chi connectivity index (χ0) is 26.6. The number of ether oxygens (including phenoxy) is 3. The van der Waals surface area contributed by atoms with E-state index in [0.717, 1.165) is 17.5 Å². The molecule has 38 heavy (non-hydrogen) atoms. The maximum absolute atomic E-state index is 13.3. The molecule has 1 saturated heterocycles. The van der Waals surface area contributed by atoms with E-state index in [-0.39, 0.29) is 19.8 Å². The summed E-state index contributed by atoms with van der Waals surface area (Å²) in [6, 6.07) is 21.7. The lowest BCUT2D eigenvalue weighted by Gasteiger charge is -2.33. The Hall–Kier alpha value is -3.31. The standard InChI is InChI=1S/C28H33N3O6S/c32-28(27-15-7-8-17-31(27)38(33,34)30-25-14-9-16-29-18-25)37-26(21-35-19-23-10-3-1-4-11-23)22-36-20-24-12-5-2-6-13-24/h1-6,9-14,16,18,26-27,30H,7-8,15,17,19-22H2. The Balaban J connectivity index is 1.40. The summed E-state index contributed by atoms with van der Waals surface area (Å²) >= 11 is 0. The number of nitrogens with zero attached hydrogens (tertiary/aromatic N) is 2. The second-order valence-electron chi connectivity index (χ2n) is 9.03. The third-order valence-corrected chi connectivity index (χ3v) is 7.60. The first kappa shape index (κ1) is 27.7. The van der Waals surface area contributed by atoms with Gasteiger partial charge in [-0.15, -0.1) is 0 Å². The highest BCUT2D eigenvalue weighted by molar-refractivity contribution is 7.90. The molecule has 1 aliphatic rings.